The van der Waals surface area contributed by atoms with Crippen molar-refractivity contribution >= 4 is 5.69 Å². The second-order valence-corrected chi connectivity index (χ2v) is 4.11. The van der Waals surface area contributed by atoms with E-state index in [1.165, 1.54) is 0 Å². The summed E-state index contributed by atoms with van der Waals surface area (Å²) in [6, 6.07) is 5.65. The highest BCUT2D eigenvalue weighted by atomic mass is 16.5. The molecule has 0 amide bonds. The number of nitrogen functional groups attached to an aromatic ring is 1. The molecule has 1 atom stereocenters. The van der Waals surface area contributed by atoms with Gasteiger partial charge in [-0.2, -0.15) is 0 Å². The average Bonchev–Trinajstić information content (AvgIpc) is 2.24. The second-order valence-electron chi connectivity index (χ2n) is 4.11. The van der Waals surface area contributed by atoms with Crippen LogP contribution >= 0.6 is 0 Å². The Morgan fingerprint density at radius 3 is 2.75 bits per heavy atom. The van der Waals surface area contributed by atoms with Crippen molar-refractivity contribution in [3.8, 4) is 5.75 Å². The topological polar surface area (TPSA) is 58.7 Å². The Morgan fingerprint density at radius 2 is 2.19 bits per heavy atom. The molecule has 0 aliphatic carbocycles. The van der Waals surface area contributed by atoms with Gasteiger partial charge in [0.2, 0.25) is 0 Å². The van der Waals surface area contributed by atoms with Gasteiger partial charge >= 0.3 is 0 Å². The fourth-order valence-corrected chi connectivity index (χ4v) is 1.51. The SMILES string of the molecule is COCC(C)N(C)Cc1ccc(O)c(N)c1. The molecule has 0 heterocycles. The Kier molecular flexibility index (Phi) is 4.58. The standard InChI is InChI=1S/C12H20N2O2/c1-9(8-16-3)14(2)7-10-4-5-12(15)11(13)6-10/h4-6,9,15H,7-8,13H2,1-3H3. The maximum atomic E-state index is 9.31. The molecule has 4 heteroatoms. The van der Waals surface area contributed by atoms with E-state index in [2.05, 4.69) is 11.8 Å². The van der Waals surface area contributed by atoms with Crippen molar-refractivity contribution in [3.63, 3.8) is 0 Å². The molecular formula is C12H20N2O2. The van der Waals surface area contributed by atoms with Crippen LogP contribution in [-0.2, 0) is 11.3 Å². The normalized spacial score (nSPS) is 13.0. The maximum Gasteiger partial charge on any atom is 0.138 e. The largest absolute Gasteiger partial charge is 0.506 e. The summed E-state index contributed by atoms with van der Waals surface area (Å²) in [5.41, 5.74) is 7.14. The van der Waals surface area contributed by atoms with E-state index in [0.29, 0.717) is 18.3 Å². The molecule has 0 aromatic heterocycles. The Morgan fingerprint density at radius 1 is 1.50 bits per heavy atom. The molecule has 0 fully saturated rings. The fraction of sp³-hybridized carbons (Fsp3) is 0.500. The number of methoxy groups -OCH3 is 1. The number of anilines is 1. The first kappa shape index (κ1) is 12.8. The Bertz CT molecular complexity index is 342. The van der Waals surface area contributed by atoms with Crippen LogP contribution in [0.3, 0.4) is 0 Å². The molecule has 0 bridgehead atoms. The molecule has 1 rings (SSSR count). The molecule has 1 aromatic rings. The molecule has 4 nitrogen and oxygen atoms in total. The second kappa shape index (κ2) is 5.72. The van der Waals surface area contributed by atoms with Crippen molar-refractivity contribution in [3.05, 3.63) is 23.8 Å². The number of hydrogen-bond donors (Lipinski definition) is 2. The lowest BCUT2D eigenvalue weighted by Crippen LogP contribution is -2.32. The van der Waals surface area contributed by atoms with Gasteiger partial charge in [0.15, 0.2) is 0 Å². The molecule has 3 N–H and O–H groups in total. The van der Waals surface area contributed by atoms with E-state index < -0.39 is 0 Å². The van der Waals surface area contributed by atoms with Crippen molar-refractivity contribution in [2.75, 3.05) is 26.5 Å². The van der Waals surface area contributed by atoms with Crippen LogP contribution < -0.4 is 5.73 Å². The molecule has 16 heavy (non-hydrogen) atoms. The van der Waals surface area contributed by atoms with E-state index in [-0.39, 0.29) is 5.75 Å². The zero-order valence-electron chi connectivity index (χ0n) is 10.1. The van der Waals surface area contributed by atoms with Crippen LogP contribution in [0.15, 0.2) is 18.2 Å². The summed E-state index contributed by atoms with van der Waals surface area (Å²) in [6.45, 7) is 3.59. The van der Waals surface area contributed by atoms with E-state index in [4.69, 9.17) is 10.5 Å². The van der Waals surface area contributed by atoms with Crippen molar-refractivity contribution < 1.29 is 9.84 Å². The number of nitrogens with zero attached hydrogens (tertiary/aromatic N) is 1. The lowest BCUT2D eigenvalue weighted by molar-refractivity contribution is 0.112. The van der Waals surface area contributed by atoms with Gasteiger partial charge in [-0.3, -0.25) is 4.90 Å². The highest BCUT2D eigenvalue weighted by Crippen LogP contribution is 2.21. The molecule has 0 saturated carbocycles. The smallest absolute Gasteiger partial charge is 0.138 e. The number of aromatic hydroxyl groups is 1. The Hall–Kier alpha value is -1.26. The minimum absolute atomic E-state index is 0.136. The Labute approximate surface area is 96.6 Å². The lowest BCUT2D eigenvalue weighted by Gasteiger charge is -2.24. The quantitative estimate of drug-likeness (QED) is 0.587. The summed E-state index contributed by atoms with van der Waals surface area (Å²) in [5.74, 6) is 0.136. The minimum Gasteiger partial charge on any atom is -0.506 e. The van der Waals surface area contributed by atoms with Crippen LogP contribution in [0.2, 0.25) is 0 Å². The first-order valence-corrected chi connectivity index (χ1v) is 5.31. The molecule has 0 saturated heterocycles. The highest BCUT2D eigenvalue weighted by molar-refractivity contribution is 5.53. The molecule has 0 spiro atoms. The first-order valence-electron chi connectivity index (χ1n) is 5.31. The summed E-state index contributed by atoms with van der Waals surface area (Å²) in [4.78, 5) is 2.18. The summed E-state index contributed by atoms with van der Waals surface area (Å²) < 4.78 is 5.10. The van der Waals surface area contributed by atoms with Gasteiger partial charge in [-0.05, 0) is 31.7 Å². The van der Waals surface area contributed by atoms with Crippen molar-refractivity contribution in [2.24, 2.45) is 0 Å². The zero-order valence-corrected chi connectivity index (χ0v) is 10.1. The monoisotopic (exact) mass is 224 g/mol. The highest BCUT2D eigenvalue weighted by Gasteiger charge is 2.09. The van der Waals surface area contributed by atoms with E-state index >= 15 is 0 Å². The molecule has 0 aliphatic rings. The van der Waals surface area contributed by atoms with Gasteiger partial charge in [-0.15, -0.1) is 0 Å². The van der Waals surface area contributed by atoms with Gasteiger partial charge in [0, 0.05) is 19.7 Å². The number of nitrogens with two attached hydrogens (primary N) is 1. The van der Waals surface area contributed by atoms with Gasteiger partial charge in [0.1, 0.15) is 5.75 Å². The summed E-state index contributed by atoms with van der Waals surface area (Å²) >= 11 is 0. The van der Waals surface area contributed by atoms with Crippen LogP contribution in [0.4, 0.5) is 5.69 Å². The number of phenols is 1. The third-order valence-electron chi connectivity index (χ3n) is 2.68. The maximum absolute atomic E-state index is 9.31. The number of benzene rings is 1. The third-order valence-corrected chi connectivity index (χ3v) is 2.68. The van der Waals surface area contributed by atoms with E-state index in [0.717, 1.165) is 12.1 Å². The van der Waals surface area contributed by atoms with Crippen LogP contribution in [0.5, 0.6) is 5.75 Å². The Balaban J connectivity index is 2.62. The van der Waals surface area contributed by atoms with Gasteiger partial charge in [0.25, 0.3) is 0 Å². The summed E-state index contributed by atoms with van der Waals surface area (Å²) in [6.07, 6.45) is 0. The number of ether oxygens (including phenoxy) is 1. The molecule has 0 radical (unpaired) electrons. The number of phenolic OH excluding ortho intramolecular Hbond substituents is 1. The fourth-order valence-electron chi connectivity index (χ4n) is 1.51. The van der Waals surface area contributed by atoms with Crippen LogP contribution in [0.1, 0.15) is 12.5 Å². The van der Waals surface area contributed by atoms with Gasteiger partial charge < -0.3 is 15.6 Å². The molecule has 1 unspecified atom stereocenters. The lowest BCUT2D eigenvalue weighted by atomic mass is 10.1. The van der Waals surface area contributed by atoms with Gasteiger partial charge in [0.05, 0.1) is 12.3 Å². The van der Waals surface area contributed by atoms with E-state index in [9.17, 15) is 5.11 Å². The number of rotatable bonds is 5. The predicted octanol–water partition coefficient (Wildman–Crippen LogP) is 1.44. The molecule has 90 valence electrons. The minimum atomic E-state index is 0.136. The zero-order chi connectivity index (χ0) is 12.1. The van der Waals surface area contributed by atoms with Crippen LogP contribution in [0, 0.1) is 0 Å². The van der Waals surface area contributed by atoms with E-state index in [1.54, 1.807) is 19.2 Å². The van der Waals surface area contributed by atoms with Crippen molar-refractivity contribution in [2.45, 2.75) is 19.5 Å². The van der Waals surface area contributed by atoms with Crippen molar-refractivity contribution in [1.82, 2.24) is 4.90 Å². The summed E-state index contributed by atoms with van der Waals surface area (Å²) in [5, 5.41) is 9.31. The first-order chi connectivity index (χ1) is 7.54. The number of likely N-dealkylation sites (N-methyl/N-ethyl adjacent to an activating group) is 1. The summed E-state index contributed by atoms with van der Waals surface area (Å²) in [7, 11) is 3.73. The predicted molar refractivity (Wildman–Crippen MR) is 65.3 cm³/mol. The number of hydrogen-bond acceptors (Lipinski definition) is 4. The van der Waals surface area contributed by atoms with Gasteiger partial charge in [-0.1, -0.05) is 6.07 Å². The van der Waals surface area contributed by atoms with E-state index in [1.807, 2.05) is 13.1 Å². The third kappa shape index (κ3) is 3.40. The molecule has 0 aliphatic heterocycles. The van der Waals surface area contributed by atoms with Crippen molar-refractivity contribution in [1.29, 1.82) is 0 Å². The molecule has 1 aromatic carbocycles. The van der Waals surface area contributed by atoms with Crippen LogP contribution in [-0.4, -0.2) is 36.8 Å². The van der Waals surface area contributed by atoms with Gasteiger partial charge in [-0.25, -0.2) is 0 Å². The van der Waals surface area contributed by atoms with Crippen LogP contribution in [0.25, 0.3) is 0 Å². The average molecular weight is 224 g/mol. The molecular weight excluding hydrogens is 204 g/mol.